The Morgan fingerprint density at radius 3 is 2.50 bits per heavy atom. The number of aromatic amines is 1. The summed E-state index contributed by atoms with van der Waals surface area (Å²) < 4.78 is 6.61. The Hall–Kier alpha value is -3.06. The predicted octanol–water partition coefficient (Wildman–Crippen LogP) is 2.32. The molecular weight excluding hydrogens is 382 g/mol. The van der Waals surface area contributed by atoms with E-state index in [2.05, 4.69) is 10.4 Å². The molecule has 0 atom stereocenters. The van der Waals surface area contributed by atoms with Gasteiger partial charge in [-0.05, 0) is 49.2 Å². The van der Waals surface area contributed by atoms with E-state index in [-0.39, 0.29) is 12.5 Å². The molecule has 7 nitrogen and oxygen atoms in total. The highest BCUT2D eigenvalue weighted by Crippen LogP contribution is 2.15. The number of benzene rings is 2. The predicted molar refractivity (Wildman–Crippen MR) is 108 cm³/mol. The van der Waals surface area contributed by atoms with Crippen molar-refractivity contribution in [3.05, 3.63) is 74.3 Å². The monoisotopic (exact) mass is 401 g/mol. The quantitative estimate of drug-likeness (QED) is 0.566. The van der Waals surface area contributed by atoms with Crippen molar-refractivity contribution in [2.75, 3.05) is 13.2 Å². The number of ether oxygens (including phenoxy) is 1. The van der Waals surface area contributed by atoms with Gasteiger partial charge in [0.1, 0.15) is 12.3 Å². The van der Waals surface area contributed by atoms with Crippen LogP contribution in [0.1, 0.15) is 12.8 Å². The van der Waals surface area contributed by atoms with Gasteiger partial charge in [0.25, 0.3) is 11.1 Å². The second-order valence-electron chi connectivity index (χ2n) is 6.24. The Morgan fingerprint density at radius 2 is 1.75 bits per heavy atom. The van der Waals surface area contributed by atoms with Crippen LogP contribution < -0.4 is 21.2 Å². The van der Waals surface area contributed by atoms with Gasteiger partial charge in [-0.25, -0.2) is 4.68 Å². The van der Waals surface area contributed by atoms with Crippen molar-refractivity contribution in [3.8, 4) is 5.75 Å². The Kier molecular flexibility index (Phi) is 6.49. The van der Waals surface area contributed by atoms with Crippen LogP contribution in [0.2, 0.25) is 5.02 Å². The Labute approximate surface area is 165 Å². The van der Waals surface area contributed by atoms with Crippen LogP contribution in [0.15, 0.2) is 58.1 Å². The molecule has 0 aliphatic heterocycles. The largest absolute Gasteiger partial charge is 0.494 e. The molecule has 0 fully saturated rings. The Bertz CT molecular complexity index is 1070. The molecule has 1 heterocycles. The van der Waals surface area contributed by atoms with Crippen LogP contribution in [0.25, 0.3) is 10.8 Å². The van der Waals surface area contributed by atoms with Gasteiger partial charge in [-0.3, -0.25) is 19.5 Å². The molecule has 8 heteroatoms. The van der Waals surface area contributed by atoms with Crippen molar-refractivity contribution in [2.24, 2.45) is 0 Å². The first-order chi connectivity index (χ1) is 13.5. The minimum absolute atomic E-state index is 0.236. The molecular formula is C20H20ClN3O4. The summed E-state index contributed by atoms with van der Waals surface area (Å²) in [4.78, 5) is 36.5. The topological polar surface area (TPSA) is 93.2 Å². The van der Waals surface area contributed by atoms with Crippen molar-refractivity contribution >= 4 is 28.3 Å². The third kappa shape index (κ3) is 5.01. The Balaban J connectivity index is 1.44. The normalized spacial score (nSPS) is 10.8. The zero-order chi connectivity index (χ0) is 19.9. The summed E-state index contributed by atoms with van der Waals surface area (Å²) in [5.41, 5.74) is -0.802. The SMILES string of the molecule is O=C(Cn1[nH]c(=O)c2ccccc2c1=O)NCCCCOc1ccc(Cl)cc1. The van der Waals surface area contributed by atoms with E-state index >= 15 is 0 Å². The molecule has 0 bridgehead atoms. The van der Waals surface area contributed by atoms with Crippen molar-refractivity contribution < 1.29 is 9.53 Å². The van der Waals surface area contributed by atoms with Crippen molar-refractivity contribution in [1.29, 1.82) is 0 Å². The molecule has 0 unspecified atom stereocenters. The van der Waals surface area contributed by atoms with Gasteiger partial charge in [-0.2, -0.15) is 0 Å². The number of nitrogens with zero attached hydrogens (tertiary/aromatic N) is 1. The van der Waals surface area contributed by atoms with Gasteiger partial charge in [-0.15, -0.1) is 0 Å². The first kappa shape index (κ1) is 19.7. The van der Waals surface area contributed by atoms with Crippen LogP contribution in [-0.2, 0) is 11.3 Å². The maximum Gasteiger partial charge on any atom is 0.273 e. The van der Waals surface area contributed by atoms with Gasteiger partial charge in [0, 0.05) is 11.6 Å². The van der Waals surface area contributed by atoms with Gasteiger partial charge < -0.3 is 10.1 Å². The summed E-state index contributed by atoms with van der Waals surface area (Å²) in [5.74, 6) is 0.403. The lowest BCUT2D eigenvalue weighted by Crippen LogP contribution is -2.37. The van der Waals surface area contributed by atoms with Gasteiger partial charge >= 0.3 is 0 Å². The number of fused-ring (bicyclic) bond motifs is 1. The van der Waals surface area contributed by atoms with Gasteiger partial charge in [0.2, 0.25) is 5.91 Å². The summed E-state index contributed by atoms with van der Waals surface area (Å²) in [6, 6.07) is 13.6. The van der Waals surface area contributed by atoms with Gasteiger partial charge in [-0.1, -0.05) is 23.7 Å². The maximum atomic E-state index is 12.4. The summed E-state index contributed by atoms with van der Waals surface area (Å²) in [6.45, 7) is 0.741. The molecule has 2 aromatic carbocycles. The van der Waals surface area contributed by atoms with E-state index in [1.165, 1.54) is 0 Å². The molecule has 0 saturated heterocycles. The molecule has 0 radical (unpaired) electrons. The van der Waals surface area contributed by atoms with Crippen LogP contribution in [0.5, 0.6) is 5.75 Å². The number of rotatable bonds is 8. The number of aromatic nitrogens is 2. The molecule has 1 aromatic heterocycles. The number of unbranched alkanes of at least 4 members (excludes halogenated alkanes) is 1. The number of carbonyl (C=O) groups is 1. The fourth-order valence-corrected chi connectivity index (χ4v) is 2.86. The van der Waals surface area contributed by atoms with Crippen molar-refractivity contribution in [3.63, 3.8) is 0 Å². The molecule has 0 saturated carbocycles. The third-order valence-corrected chi connectivity index (χ3v) is 4.41. The van der Waals surface area contributed by atoms with Gasteiger partial charge in [0.05, 0.1) is 17.4 Å². The highest BCUT2D eigenvalue weighted by molar-refractivity contribution is 6.30. The molecule has 0 aliphatic carbocycles. The number of hydrogen-bond donors (Lipinski definition) is 2. The van der Waals surface area contributed by atoms with E-state index < -0.39 is 11.1 Å². The zero-order valence-corrected chi connectivity index (χ0v) is 15.9. The molecule has 1 amide bonds. The minimum Gasteiger partial charge on any atom is -0.494 e. The fourth-order valence-electron chi connectivity index (χ4n) is 2.73. The molecule has 3 aromatic rings. The Morgan fingerprint density at radius 1 is 1.04 bits per heavy atom. The van der Waals surface area contributed by atoms with Crippen LogP contribution >= 0.6 is 11.6 Å². The summed E-state index contributed by atoms with van der Waals surface area (Å²) >= 11 is 5.81. The standard InChI is InChI=1S/C20H20ClN3O4/c21-14-7-9-15(10-8-14)28-12-4-3-11-22-18(25)13-24-20(27)17-6-2-1-5-16(17)19(26)23-24/h1-2,5-10H,3-4,11-13H2,(H,22,25)(H,23,26). The van der Waals surface area contributed by atoms with E-state index in [0.29, 0.717) is 28.9 Å². The highest BCUT2D eigenvalue weighted by atomic mass is 35.5. The van der Waals surface area contributed by atoms with Gasteiger partial charge in [0.15, 0.2) is 0 Å². The number of H-pyrrole nitrogens is 1. The van der Waals surface area contributed by atoms with Crippen LogP contribution in [0.4, 0.5) is 0 Å². The number of amides is 1. The number of nitrogens with one attached hydrogen (secondary N) is 2. The first-order valence-corrected chi connectivity index (χ1v) is 9.29. The molecule has 0 spiro atoms. The molecule has 146 valence electrons. The van der Waals surface area contributed by atoms with E-state index in [9.17, 15) is 14.4 Å². The lowest BCUT2D eigenvalue weighted by Gasteiger charge is -2.09. The van der Waals surface area contributed by atoms with Crippen LogP contribution in [-0.4, -0.2) is 28.8 Å². The van der Waals surface area contributed by atoms with Crippen molar-refractivity contribution in [2.45, 2.75) is 19.4 Å². The summed E-state index contributed by atoms with van der Waals surface area (Å²) in [7, 11) is 0. The van der Waals surface area contributed by atoms with Crippen LogP contribution in [0.3, 0.4) is 0 Å². The third-order valence-electron chi connectivity index (χ3n) is 4.16. The lowest BCUT2D eigenvalue weighted by molar-refractivity contribution is -0.121. The summed E-state index contributed by atoms with van der Waals surface area (Å²) in [5, 5.41) is 6.43. The minimum atomic E-state index is -0.401. The molecule has 28 heavy (non-hydrogen) atoms. The second kappa shape index (κ2) is 9.23. The fraction of sp³-hybridized carbons (Fsp3) is 0.250. The second-order valence-corrected chi connectivity index (χ2v) is 6.67. The average molecular weight is 402 g/mol. The van der Waals surface area contributed by atoms with Crippen molar-refractivity contribution in [1.82, 2.24) is 15.1 Å². The average Bonchev–Trinajstić information content (AvgIpc) is 2.70. The molecule has 0 aliphatic rings. The first-order valence-electron chi connectivity index (χ1n) is 8.91. The number of hydrogen-bond acceptors (Lipinski definition) is 4. The van der Waals surface area contributed by atoms with E-state index in [0.717, 1.165) is 23.3 Å². The smallest absolute Gasteiger partial charge is 0.273 e. The molecule has 3 rings (SSSR count). The number of halogens is 1. The summed E-state index contributed by atoms with van der Waals surface area (Å²) in [6.07, 6.45) is 1.48. The van der Waals surface area contributed by atoms with Crippen LogP contribution in [0, 0.1) is 0 Å². The maximum absolute atomic E-state index is 12.4. The molecule has 2 N–H and O–H groups in total. The lowest BCUT2D eigenvalue weighted by atomic mass is 10.2. The van der Waals surface area contributed by atoms with E-state index in [1.807, 2.05) is 0 Å². The highest BCUT2D eigenvalue weighted by Gasteiger charge is 2.09. The van der Waals surface area contributed by atoms with E-state index in [4.69, 9.17) is 16.3 Å². The van der Waals surface area contributed by atoms with E-state index in [1.54, 1.807) is 48.5 Å². The zero-order valence-electron chi connectivity index (χ0n) is 15.1. The number of carbonyl (C=O) groups excluding carboxylic acids is 1.